The first kappa shape index (κ1) is 12.5. The van der Waals surface area contributed by atoms with Gasteiger partial charge in [0.05, 0.1) is 13.8 Å². The summed E-state index contributed by atoms with van der Waals surface area (Å²) in [6.07, 6.45) is -10.2. The lowest BCUT2D eigenvalue weighted by molar-refractivity contribution is -0.181. The van der Waals surface area contributed by atoms with Crippen molar-refractivity contribution in [3.63, 3.8) is 0 Å². The molecule has 0 saturated heterocycles. The third kappa shape index (κ3) is 3.17. The quantitative estimate of drug-likeness (QED) is 0.338. The van der Waals surface area contributed by atoms with Crippen LogP contribution in [0.4, 0.5) is 26.3 Å². The van der Waals surface area contributed by atoms with E-state index in [2.05, 4.69) is 0 Å². The average molecular weight is 228 g/mol. The number of rotatable bonds is 0. The van der Waals surface area contributed by atoms with Gasteiger partial charge in [0.25, 0.3) is 0 Å². The molecule has 1 aliphatic rings. The highest BCUT2D eigenvalue weighted by Gasteiger charge is 2.46. The molecule has 0 nitrogen and oxygen atoms in total. The smallest absolute Gasteiger partial charge is 0.171 e. The third-order valence-corrected chi connectivity index (χ3v) is 2.27. The van der Waals surface area contributed by atoms with Gasteiger partial charge < -0.3 is 0 Å². The normalized spacial score (nSPS) is 28.8. The van der Waals surface area contributed by atoms with Gasteiger partial charge in [0.1, 0.15) is 0 Å². The molecule has 84 valence electrons. The van der Waals surface area contributed by atoms with Crippen LogP contribution in [0.1, 0.15) is 12.8 Å². The molecular weight excluding hydrogens is 221 g/mol. The Morgan fingerprint density at radius 2 is 1.67 bits per heavy atom. The van der Waals surface area contributed by atoms with Gasteiger partial charge in [0, 0.05) is 5.57 Å². The number of allylic oxidation sites excluding steroid dienone is 2. The van der Waals surface area contributed by atoms with Gasteiger partial charge in [-0.1, -0.05) is 11.9 Å². The number of hydrogen-bond donors (Lipinski definition) is 0. The molecule has 0 fully saturated rings. The van der Waals surface area contributed by atoms with Crippen molar-refractivity contribution >= 4 is 7.85 Å². The summed E-state index contributed by atoms with van der Waals surface area (Å²) < 4.78 is 73.2. The molecule has 1 aliphatic carbocycles. The predicted molar refractivity (Wildman–Crippen MR) is 42.4 cm³/mol. The van der Waals surface area contributed by atoms with Crippen LogP contribution in [0.5, 0.6) is 0 Å². The van der Waals surface area contributed by atoms with Gasteiger partial charge >= 0.3 is 12.4 Å². The van der Waals surface area contributed by atoms with Crippen molar-refractivity contribution in [1.29, 1.82) is 0 Å². The molecule has 15 heavy (non-hydrogen) atoms. The van der Waals surface area contributed by atoms with E-state index in [1.54, 1.807) is 0 Å². The standard InChI is InChI=1S/C8H7BF6/c9-6-2-4(7(10,11)12)1-5(3-6)8(13,14)15/h2,5-6H,1,3H2. The van der Waals surface area contributed by atoms with Crippen molar-refractivity contribution in [3.8, 4) is 0 Å². The Kier molecular flexibility index (Phi) is 3.12. The van der Waals surface area contributed by atoms with E-state index in [0.717, 1.165) is 0 Å². The molecule has 0 heterocycles. The van der Waals surface area contributed by atoms with Gasteiger partial charge in [0.15, 0.2) is 0 Å². The van der Waals surface area contributed by atoms with Crippen molar-refractivity contribution in [1.82, 2.24) is 0 Å². The Labute approximate surface area is 83.7 Å². The van der Waals surface area contributed by atoms with Gasteiger partial charge in [-0.25, -0.2) is 0 Å². The third-order valence-electron chi connectivity index (χ3n) is 2.27. The molecule has 7 heteroatoms. The van der Waals surface area contributed by atoms with E-state index in [0.29, 0.717) is 6.08 Å². The molecule has 0 saturated carbocycles. The molecule has 2 atom stereocenters. The minimum Gasteiger partial charge on any atom is -0.171 e. The lowest BCUT2D eigenvalue weighted by Gasteiger charge is -2.29. The van der Waals surface area contributed by atoms with Gasteiger partial charge in [-0.05, 0) is 12.8 Å². The lowest BCUT2D eigenvalue weighted by atomic mass is 9.72. The summed E-state index contributed by atoms with van der Waals surface area (Å²) >= 11 is 0. The van der Waals surface area contributed by atoms with Crippen LogP contribution >= 0.6 is 0 Å². The number of alkyl halides is 6. The second kappa shape index (κ2) is 3.75. The maximum Gasteiger partial charge on any atom is 0.412 e. The average Bonchev–Trinajstić information content (AvgIpc) is 1.99. The molecule has 0 bridgehead atoms. The predicted octanol–water partition coefficient (Wildman–Crippen LogP) is 3.40. The summed E-state index contributed by atoms with van der Waals surface area (Å²) in [5, 5.41) is 0. The molecule has 0 aromatic heterocycles. The van der Waals surface area contributed by atoms with Crippen LogP contribution in [0.25, 0.3) is 0 Å². The van der Waals surface area contributed by atoms with Crippen LogP contribution in [-0.4, -0.2) is 20.2 Å². The SMILES string of the molecule is [B]C1C=C(C(F)(F)F)CC(C(F)(F)F)C1. The molecular formula is C8H7BF6. The van der Waals surface area contributed by atoms with Crippen molar-refractivity contribution in [3.05, 3.63) is 11.6 Å². The summed E-state index contributed by atoms with van der Waals surface area (Å²) in [5.41, 5.74) is -1.18. The molecule has 0 aliphatic heterocycles. The van der Waals surface area contributed by atoms with Crippen LogP contribution < -0.4 is 0 Å². The minimum atomic E-state index is -4.72. The van der Waals surface area contributed by atoms with E-state index in [1.165, 1.54) is 0 Å². The molecule has 1 rings (SSSR count). The van der Waals surface area contributed by atoms with Crippen molar-refractivity contribution in [2.45, 2.75) is 31.0 Å². The fourth-order valence-electron chi connectivity index (χ4n) is 1.53. The van der Waals surface area contributed by atoms with Gasteiger partial charge in [0.2, 0.25) is 0 Å². The highest BCUT2D eigenvalue weighted by Crippen LogP contribution is 2.44. The van der Waals surface area contributed by atoms with E-state index >= 15 is 0 Å². The van der Waals surface area contributed by atoms with Gasteiger partial charge in [-0.15, -0.1) is 0 Å². The maximum atomic E-state index is 12.2. The van der Waals surface area contributed by atoms with Crippen molar-refractivity contribution in [2.75, 3.05) is 0 Å². The number of hydrogen-bond acceptors (Lipinski definition) is 0. The Hall–Kier alpha value is -0.615. The molecule has 0 amide bonds. The zero-order chi connectivity index (χ0) is 11.9. The second-order valence-electron chi connectivity index (χ2n) is 3.53. The Morgan fingerprint density at radius 3 is 2.07 bits per heavy atom. The fraction of sp³-hybridized carbons (Fsp3) is 0.750. The van der Waals surface area contributed by atoms with E-state index in [4.69, 9.17) is 7.85 Å². The van der Waals surface area contributed by atoms with E-state index in [1.807, 2.05) is 0 Å². The first-order valence-electron chi connectivity index (χ1n) is 4.21. The van der Waals surface area contributed by atoms with Crippen LogP contribution in [0.2, 0.25) is 5.82 Å². The monoisotopic (exact) mass is 228 g/mol. The number of halogens is 6. The van der Waals surface area contributed by atoms with Gasteiger partial charge in [-0.3, -0.25) is 0 Å². The highest BCUT2D eigenvalue weighted by molar-refractivity contribution is 6.13. The summed E-state index contributed by atoms with van der Waals surface area (Å²) in [6.45, 7) is 0. The molecule has 0 spiro atoms. The maximum absolute atomic E-state index is 12.2. The molecule has 2 unspecified atom stereocenters. The van der Waals surface area contributed by atoms with Gasteiger partial charge in [-0.2, -0.15) is 26.3 Å². The largest absolute Gasteiger partial charge is 0.412 e. The van der Waals surface area contributed by atoms with E-state index in [9.17, 15) is 26.3 Å². The summed E-state index contributed by atoms with van der Waals surface area (Å²) in [6, 6.07) is 0. The minimum absolute atomic E-state index is 0.483. The van der Waals surface area contributed by atoms with Crippen LogP contribution in [0, 0.1) is 5.92 Å². The fourth-order valence-corrected chi connectivity index (χ4v) is 1.53. The zero-order valence-corrected chi connectivity index (χ0v) is 7.49. The Morgan fingerprint density at radius 1 is 1.13 bits per heavy atom. The molecule has 0 aromatic carbocycles. The summed E-state index contributed by atoms with van der Waals surface area (Å²) in [5.74, 6) is -3.17. The second-order valence-corrected chi connectivity index (χ2v) is 3.53. The highest BCUT2D eigenvalue weighted by atomic mass is 19.4. The Bertz CT molecular complexity index is 263. The molecule has 0 N–H and O–H groups in total. The first-order chi connectivity index (χ1) is 6.60. The summed E-state index contributed by atoms with van der Waals surface area (Å²) in [7, 11) is 5.13. The van der Waals surface area contributed by atoms with Crippen LogP contribution in [0.15, 0.2) is 11.6 Å². The Balaban J connectivity index is 2.86. The van der Waals surface area contributed by atoms with Crippen LogP contribution in [-0.2, 0) is 0 Å². The van der Waals surface area contributed by atoms with Crippen molar-refractivity contribution < 1.29 is 26.3 Å². The van der Waals surface area contributed by atoms with Crippen LogP contribution in [0.3, 0.4) is 0 Å². The van der Waals surface area contributed by atoms with E-state index < -0.39 is 42.5 Å². The lowest BCUT2D eigenvalue weighted by Crippen LogP contribution is -2.30. The first-order valence-corrected chi connectivity index (χ1v) is 4.21. The van der Waals surface area contributed by atoms with Crippen molar-refractivity contribution in [2.24, 2.45) is 5.92 Å². The summed E-state index contributed by atoms with van der Waals surface area (Å²) in [4.78, 5) is 0. The molecule has 0 aromatic rings. The topological polar surface area (TPSA) is 0 Å². The molecule has 2 radical (unpaired) electrons. The zero-order valence-electron chi connectivity index (χ0n) is 7.49. The van der Waals surface area contributed by atoms with E-state index in [-0.39, 0.29) is 0 Å².